The van der Waals surface area contributed by atoms with E-state index in [1.165, 1.54) is 0 Å². The maximum atomic E-state index is 11.4. The Morgan fingerprint density at radius 1 is 1.21 bits per heavy atom. The maximum Gasteiger partial charge on any atom is 0.253 e. The van der Waals surface area contributed by atoms with Gasteiger partial charge in [-0.05, 0) is 5.56 Å². The molecule has 0 unspecified atom stereocenters. The number of benzene rings is 1. The van der Waals surface area contributed by atoms with Crippen molar-refractivity contribution in [3.8, 4) is 0 Å². The lowest BCUT2D eigenvalue weighted by atomic mass is 10.1. The van der Waals surface area contributed by atoms with Gasteiger partial charge in [0.25, 0.3) is 3.79 Å². The number of carbonyl (C=O) groups is 1. The summed E-state index contributed by atoms with van der Waals surface area (Å²) in [5.41, 5.74) is 1.28. The van der Waals surface area contributed by atoms with E-state index in [2.05, 4.69) is 6.58 Å². The highest BCUT2D eigenvalue weighted by Gasteiger charge is 2.31. The van der Waals surface area contributed by atoms with Gasteiger partial charge in [-0.25, -0.2) is 0 Å². The van der Waals surface area contributed by atoms with Gasteiger partial charge in [0.1, 0.15) is 0 Å². The van der Waals surface area contributed by atoms with Crippen LogP contribution in [0.5, 0.6) is 0 Å². The molecule has 0 spiro atoms. The highest BCUT2D eigenvalue weighted by Crippen LogP contribution is 2.30. The first-order valence-electron chi connectivity index (χ1n) is 3.79. The molecule has 0 radical (unpaired) electrons. The first kappa shape index (κ1) is 11.6. The lowest BCUT2D eigenvalue weighted by molar-refractivity contribution is 0.0996. The Hall–Kier alpha value is -0.500. The molecule has 0 aromatic heterocycles. The van der Waals surface area contributed by atoms with E-state index in [1.807, 2.05) is 0 Å². The molecule has 0 saturated heterocycles. The Kier molecular flexibility index (Phi) is 3.59. The van der Waals surface area contributed by atoms with Crippen LogP contribution in [0.15, 0.2) is 30.8 Å². The summed E-state index contributed by atoms with van der Waals surface area (Å²) in [6.45, 7) is 3.59. The van der Waals surface area contributed by atoms with Crippen molar-refractivity contribution < 1.29 is 4.79 Å². The average molecular weight is 250 g/mol. The molecule has 0 saturated carbocycles. The average Bonchev–Trinajstić information content (AvgIpc) is 2.15. The van der Waals surface area contributed by atoms with Gasteiger partial charge in [0.15, 0.2) is 0 Å². The van der Waals surface area contributed by atoms with Crippen LogP contribution in [0.3, 0.4) is 0 Å². The van der Waals surface area contributed by atoms with E-state index in [9.17, 15) is 4.79 Å². The molecule has 0 bridgehead atoms. The van der Waals surface area contributed by atoms with E-state index in [1.54, 1.807) is 30.3 Å². The van der Waals surface area contributed by atoms with E-state index >= 15 is 0 Å². The van der Waals surface area contributed by atoms with Crippen molar-refractivity contribution in [2.24, 2.45) is 0 Å². The van der Waals surface area contributed by atoms with Crippen molar-refractivity contribution in [3.05, 3.63) is 42.0 Å². The first-order valence-corrected chi connectivity index (χ1v) is 4.92. The second kappa shape index (κ2) is 4.35. The third kappa shape index (κ3) is 2.74. The van der Waals surface area contributed by atoms with Crippen LogP contribution in [-0.4, -0.2) is 9.58 Å². The molecule has 1 aromatic rings. The molecule has 0 heterocycles. The summed E-state index contributed by atoms with van der Waals surface area (Å²) in [5, 5.41) is 0. The van der Waals surface area contributed by atoms with Gasteiger partial charge in [0.2, 0.25) is 5.78 Å². The Morgan fingerprint density at radius 3 is 2.07 bits per heavy atom. The standard InChI is InChI=1S/C10H7Cl3O/c1-2-7-3-5-8(6-4-7)9(14)10(11,12)13/h2-6H,1H2. The molecule has 14 heavy (non-hydrogen) atoms. The van der Waals surface area contributed by atoms with Crippen LogP contribution in [0.25, 0.3) is 6.08 Å². The number of halogens is 3. The van der Waals surface area contributed by atoms with E-state index in [0.29, 0.717) is 5.56 Å². The van der Waals surface area contributed by atoms with Gasteiger partial charge in [-0.1, -0.05) is 71.7 Å². The minimum Gasteiger partial charge on any atom is -0.289 e. The number of alkyl halides is 3. The smallest absolute Gasteiger partial charge is 0.253 e. The van der Waals surface area contributed by atoms with E-state index < -0.39 is 9.58 Å². The van der Waals surface area contributed by atoms with Crippen LogP contribution in [0.4, 0.5) is 0 Å². The van der Waals surface area contributed by atoms with Crippen molar-refractivity contribution >= 4 is 46.7 Å². The first-order chi connectivity index (χ1) is 6.45. The molecular weight excluding hydrogens is 242 g/mol. The summed E-state index contributed by atoms with van der Waals surface area (Å²) in [5.74, 6) is -0.530. The zero-order valence-corrected chi connectivity index (χ0v) is 9.40. The molecule has 1 rings (SSSR count). The molecular formula is C10H7Cl3O. The number of carbonyl (C=O) groups excluding carboxylic acids is 1. The highest BCUT2D eigenvalue weighted by molar-refractivity contribution is 6.77. The molecule has 0 fully saturated rings. The normalized spacial score (nSPS) is 11.1. The Bertz CT molecular complexity index is 349. The fraction of sp³-hybridized carbons (Fsp3) is 0.100. The minimum atomic E-state index is -1.89. The van der Waals surface area contributed by atoms with Crippen LogP contribution in [-0.2, 0) is 0 Å². The summed E-state index contributed by atoms with van der Waals surface area (Å²) in [6.07, 6.45) is 1.67. The summed E-state index contributed by atoms with van der Waals surface area (Å²) >= 11 is 16.4. The van der Waals surface area contributed by atoms with E-state index in [0.717, 1.165) is 5.56 Å². The van der Waals surface area contributed by atoms with Crippen LogP contribution < -0.4 is 0 Å². The molecule has 0 atom stereocenters. The molecule has 0 amide bonds. The second-order valence-corrected chi connectivity index (χ2v) is 4.93. The molecule has 0 N–H and O–H groups in total. The fourth-order valence-corrected chi connectivity index (χ4v) is 1.26. The van der Waals surface area contributed by atoms with Gasteiger partial charge in [0, 0.05) is 5.56 Å². The second-order valence-electron chi connectivity index (χ2n) is 2.65. The molecule has 4 heteroatoms. The molecule has 0 aliphatic rings. The Morgan fingerprint density at radius 2 is 1.71 bits per heavy atom. The topological polar surface area (TPSA) is 17.1 Å². The monoisotopic (exact) mass is 248 g/mol. The fourth-order valence-electron chi connectivity index (χ4n) is 0.934. The third-order valence-corrected chi connectivity index (χ3v) is 2.18. The summed E-state index contributed by atoms with van der Waals surface area (Å²) in [6, 6.07) is 6.66. The Labute approximate surface area is 97.3 Å². The van der Waals surface area contributed by atoms with Crippen molar-refractivity contribution in [2.45, 2.75) is 3.79 Å². The molecule has 0 aliphatic carbocycles. The van der Waals surface area contributed by atoms with Crippen molar-refractivity contribution in [1.29, 1.82) is 0 Å². The van der Waals surface area contributed by atoms with Crippen LogP contribution >= 0.6 is 34.8 Å². The lowest BCUT2D eigenvalue weighted by Crippen LogP contribution is -2.18. The molecule has 1 nitrogen and oxygen atoms in total. The number of Topliss-reactive ketones (excluding diaryl/α,β-unsaturated/α-hetero) is 1. The molecule has 0 aliphatic heterocycles. The van der Waals surface area contributed by atoms with E-state index in [-0.39, 0.29) is 0 Å². The van der Waals surface area contributed by atoms with Crippen molar-refractivity contribution in [2.75, 3.05) is 0 Å². The zero-order chi connectivity index (χ0) is 10.8. The summed E-state index contributed by atoms with van der Waals surface area (Å²) in [7, 11) is 0. The predicted octanol–water partition coefficient (Wildman–Crippen LogP) is 3.88. The van der Waals surface area contributed by atoms with E-state index in [4.69, 9.17) is 34.8 Å². The minimum absolute atomic E-state index is 0.371. The molecule has 1 aromatic carbocycles. The van der Waals surface area contributed by atoms with Crippen molar-refractivity contribution in [1.82, 2.24) is 0 Å². The summed E-state index contributed by atoms with van der Waals surface area (Å²) in [4.78, 5) is 11.4. The number of hydrogen-bond donors (Lipinski definition) is 0. The van der Waals surface area contributed by atoms with Crippen LogP contribution in [0.2, 0.25) is 0 Å². The third-order valence-electron chi connectivity index (χ3n) is 1.67. The van der Waals surface area contributed by atoms with Crippen LogP contribution in [0, 0.1) is 0 Å². The highest BCUT2D eigenvalue weighted by atomic mass is 35.6. The SMILES string of the molecule is C=Cc1ccc(C(=O)C(Cl)(Cl)Cl)cc1. The van der Waals surface area contributed by atoms with Gasteiger partial charge < -0.3 is 0 Å². The van der Waals surface area contributed by atoms with Gasteiger partial charge >= 0.3 is 0 Å². The van der Waals surface area contributed by atoms with Gasteiger partial charge in [-0.3, -0.25) is 4.79 Å². The Balaban J connectivity index is 2.98. The largest absolute Gasteiger partial charge is 0.289 e. The lowest BCUT2D eigenvalue weighted by Gasteiger charge is -2.08. The number of hydrogen-bond acceptors (Lipinski definition) is 1. The quantitative estimate of drug-likeness (QED) is 0.574. The van der Waals surface area contributed by atoms with Gasteiger partial charge in [-0.15, -0.1) is 0 Å². The van der Waals surface area contributed by atoms with Gasteiger partial charge in [-0.2, -0.15) is 0 Å². The predicted molar refractivity (Wildman–Crippen MR) is 61.2 cm³/mol. The molecule has 74 valence electrons. The van der Waals surface area contributed by atoms with Gasteiger partial charge in [0.05, 0.1) is 0 Å². The van der Waals surface area contributed by atoms with Crippen LogP contribution in [0.1, 0.15) is 15.9 Å². The summed E-state index contributed by atoms with van der Waals surface area (Å²) < 4.78 is -1.89. The maximum absolute atomic E-state index is 11.4. The number of rotatable bonds is 2. The zero-order valence-electron chi connectivity index (χ0n) is 7.14. The van der Waals surface area contributed by atoms with Crippen molar-refractivity contribution in [3.63, 3.8) is 0 Å². The number of ketones is 1.